The average molecular weight is 305 g/mol. The number of pyridine rings is 1. The van der Waals surface area contributed by atoms with Crippen molar-refractivity contribution < 1.29 is 13.6 Å². The van der Waals surface area contributed by atoms with Gasteiger partial charge in [0, 0.05) is 6.54 Å². The van der Waals surface area contributed by atoms with E-state index >= 15 is 0 Å². The Morgan fingerprint density at radius 3 is 2.41 bits per heavy atom. The number of anilines is 2. The maximum atomic E-state index is 13.5. The number of nitrogens with zero attached hydrogens (tertiary/aromatic N) is 1. The fraction of sp³-hybridized carbons (Fsp3) is 0.250. The van der Waals surface area contributed by atoms with Crippen LogP contribution < -0.4 is 10.6 Å². The number of hydrogen-bond donors (Lipinski definition) is 2. The lowest BCUT2D eigenvalue weighted by molar-refractivity contribution is 0.102. The number of carbonyl (C=O) groups excluding carboxylic acids is 1. The molecule has 0 saturated carbocycles. The zero-order valence-corrected chi connectivity index (χ0v) is 12.4. The van der Waals surface area contributed by atoms with Crippen molar-refractivity contribution in [2.24, 2.45) is 5.92 Å². The number of hydrogen-bond acceptors (Lipinski definition) is 3. The van der Waals surface area contributed by atoms with Gasteiger partial charge in [0.05, 0.1) is 11.9 Å². The van der Waals surface area contributed by atoms with E-state index in [1.807, 2.05) is 0 Å². The minimum absolute atomic E-state index is 0.0813. The normalized spacial score (nSPS) is 10.6. The predicted molar refractivity (Wildman–Crippen MR) is 81.9 cm³/mol. The van der Waals surface area contributed by atoms with Crippen LogP contribution in [0.1, 0.15) is 24.3 Å². The Morgan fingerprint density at radius 1 is 1.18 bits per heavy atom. The van der Waals surface area contributed by atoms with Crippen LogP contribution in [-0.4, -0.2) is 17.4 Å². The van der Waals surface area contributed by atoms with E-state index in [1.54, 1.807) is 6.07 Å². The molecule has 0 fully saturated rings. The molecule has 1 aromatic carbocycles. The fourth-order valence-electron chi connectivity index (χ4n) is 1.75. The third-order valence-electron chi connectivity index (χ3n) is 2.91. The first-order chi connectivity index (χ1) is 10.5. The van der Waals surface area contributed by atoms with Gasteiger partial charge in [-0.1, -0.05) is 19.9 Å². The molecular weight excluding hydrogens is 288 g/mol. The smallest absolute Gasteiger partial charge is 0.274 e. The number of aromatic nitrogens is 1. The van der Waals surface area contributed by atoms with Crippen LogP contribution in [-0.2, 0) is 0 Å². The Balaban J connectivity index is 2.07. The maximum absolute atomic E-state index is 13.5. The number of halogens is 2. The summed E-state index contributed by atoms with van der Waals surface area (Å²) < 4.78 is 27.0. The molecule has 0 aliphatic heterocycles. The molecule has 1 aromatic heterocycles. The van der Waals surface area contributed by atoms with Crippen LogP contribution >= 0.6 is 0 Å². The van der Waals surface area contributed by atoms with E-state index in [4.69, 9.17) is 0 Å². The fourth-order valence-corrected chi connectivity index (χ4v) is 1.75. The van der Waals surface area contributed by atoms with Crippen molar-refractivity contribution in [2.45, 2.75) is 13.8 Å². The summed E-state index contributed by atoms with van der Waals surface area (Å²) in [4.78, 5) is 16.0. The lowest BCUT2D eigenvalue weighted by atomic mass is 10.2. The summed E-state index contributed by atoms with van der Waals surface area (Å²) in [7, 11) is 0. The molecule has 1 heterocycles. The third-order valence-corrected chi connectivity index (χ3v) is 2.91. The molecule has 1 amide bonds. The average Bonchev–Trinajstić information content (AvgIpc) is 2.49. The van der Waals surface area contributed by atoms with Crippen molar-refractivity contribution in [1.29, 1.82) is 0 Å². The summed E-state index contributed by atoms with van der Waals surface area (Å²) in [6, 6.07) is 6.57. The van der Waals surface area contributed by atoms with Gasteiger partial charge in [-0.3, -0.25) is 4.79 Å². The van der Waals surface area contributed by atoms with Crippen LogP contribution in [0.5, 0.6) is 0 Å². The highest BCUT2D eigenvalue weighted by atomic mass is 19.1. The Labute approximate surface area is 127 Å². The van der Waals surface area contributed by atoms with Gasteiger partial charge in [0.1, 0.15) is 23.0 Å². The van der Waals surface area contributed by atoms with Crippen molar-refractivity contribution in [2.75, 3.05) is 17.2 Å². The first kappa shape index (κ1) is 15.9. The van der Waals surface area contributed by atoms with Gasteiger partial charge in [-0.05, 0) is 30.2 Å². The Hall–Kier alpha value is -2.50. The first-order valence-electron chi connectivity index (χ1n) is 6.92. The van der Waals surface area contributed by atoms with Crippen LogP contribution in [0.2, 0.25) is 0 Å². The molecule has 0 aliphatic carbocycles. The Kier molecular flexibility index (Phi) is 5.04. The zero-order chi connectivity index (χ0) is 16.1. The molecule has 0 bridgehead atoms. The van der Waals surface area contributed by atoms with Crippen LogP contribution in [0.15, 0.2) is 36.5 Å². The second-order valence-electron chi connectivity index (χ2n) is 5.26. The lowest BCUT2D eigenvalue weighted by Gasteiger charge is -2.10. The van der Waals surface area contributed by atoms with Gasteiger partial charge in [-0.2, -0.15) is 0 Å². The molecule has 0 aliphatic rings. The highest BCUT2D eigenvalue weighted by Crippen LogP contribution is 2.19. The van der Waals surface area contributed by atoms with Gasteiger partial charge in [0.25, 0.3) is 5.91 Å². The number of benzene rings is 1. The minimum Gasteiger partial charge on any atom is -0.384 e. The van der Waals surface area contributed by atoms with E-state index in [9.17, 15) is 13.6 Å². The van der Waals surface area contributed by atoms with Crippen molar-refractivity contribution in [3.05, 3.63) is 53.9 Å². The van der Waals surface area contributed by atoms with Crippen LogP contribution in [0.4, 0.5) is 20.2 Å². The molecule has 2 aromatic rings. The summed E-state index contributed by atoms with van der Waals surface area (Å²) in [6.45, 7) is 4.93. The molecule has 6 heteroatoms. The highest BCUT2D eigenvalue weighted by molar-refractivity contribution is 6.03. The first-order valence-corrected chi connectivity index (χ1v) is 6.92. The number of carbonyl (C=O) groups is 1. The number of rotatable bonds is 5. The van der Waals surface area contributed by atoms with Gasteiger partial charge >= 0.3 is 0 Å². The number of nitrogens with one attached hydrogen (secondary N) is 2. The molecule has 116 valence electrons. The third kappa shape index (κ3) is 4.00. The van der Waals surface area contributed by atoms with E-state index in [0.29, 0.717) is 5.92 Å². The summed E-state index contributed by atoms with van der Waals surface area (Å²) in [6.07, 6.45) is 1.51. The molecule has 0 atom stereocenters. The van der Waals surface area contributed by atoms with Crippen molar-refractivity contribution >= 4 is 17.3 Å². The standard InChI is InChI=1S/C16H17F2N3O/c1-10(2)8-19-11-6-7-14(20-9-11)16(22)21-15-12(17)4-3-5-13(15)18/h3-7,9-10,19H,8H2,1-2H3,(H,21,22). The molecule has 4 nitrogen and oxygen atoms in total. The molecule has 0 radical (unpaired) electrons. The largest absolute Gasteiger partial charge is 0.384 e. The molecule has 0 spiro atoms. The SMILES string of the molecule is CC(C)CNc1ccc(C(=O)Nc2c(F)cccc2F)nc1. The maximum Gasteiger partial charge on any atom is 0.274 e. The summed E-state index contributed by atoms with van der Waals surface area (Å²) in [5, 5.41) is 5.36. The minimum atomic E-state index is -0.830. The van der Waals surface area contributed by atoms with Crippen LogP contribution in [0.3, 0.4) is 0 Å². The molecule has 0 saturated heterocycles. The van der Waals surface area contributed by atoms with Gasteiger partial charge in [-0.25, -0.2) is 13.8 Å². The molecule has 0 unspecified atom stereocenters. The second-order valence-corrected chi connectivity index (χ2v) is 5.26. The monoisotopic (exact) mass is 305 g/mol. The van der Waals surface area contributed by atoms with Crippen molar-refractivity contribution in [1.82, 2.24) is 4.98 Å². The number of amides is 1. The van der Waals surface area contributed by atoms with Gasteiger partial charge in [0.2, 0.25) is 0 Å². The molecule has 22 heavy (non-hydrogen) atoms. The summed E-state index contributed by atoms with van der Waals surface area (Å²) >= 11 is 0. The topological polar surface area (TPSA) is 54.0 Å². The van der Waals surface area contributed by atoms with Gasteiger partial charge in [-0.15, -0.1) is 0 Å². The molecule has 2 N–H and O–H groups in total. The summed E-state index contributed by atoms with van der Waals surface area (Å²) in [5.41, 5.74) is 0.386. The van der Waals surface area contributed by atoms with Gasteiger partial charge in [0.15, 0.2) is 0 Å². The van der Waals surface area contributed by atoms with Gasteiger partial charge < -0.3 is 10.6 Å². The van der Waals surface area contributed by atoms with E-state index in [0.717, 1.165) is 24.4 Å². The lowest BCUT2D eigenvalue weighted by Crippen LogP contribution is -2.16. The Morgan fingerprint density at radius 2 is 1.86 bits per heavy atom. The van der Waals surface area contributed by atoms with Crippen LogP contribution in [0.25, 0.3) is 0 Å². The zero-order valence-electron chi connectivity index (χ0n) is 12.4. The van der Waals surface area contributed by atoms with Crippen molar-refractivity contribution in [3.63, 3.8) is 0 Å². The molecular formula is C16H17F2N3O. The highest BCUT2D eigenvalue weighted by Gasteiger charge is 2.14. The molecule has 2 rings (SSSR count). The number of para-hydroxylation sites is 1. The predicted octanol–water partition coefficient (Wildman–Crippen LogP) is 3.68. The van der Waals surface area contributed by atoms with Crippen LogP contribution in [0, 0.1) is 17.6 Å². The Bertz CT molecular complexity index is 637. The van der Waals surface area contributed by atoms with E-state index in [1.165, 1.54) is 18.3 Å². The second kappa shape index (κ2) is 6.98. The summed E-state index contributed by atoms with van der Waals surface area (Å²) in [5.74, 6) is -1.85. The quantitative estimate of drug-likeness (QED) is 0.886. The van der Waals surface area contributed by atoms with E-state index in [-0.39, 0.29) is 5.69 Å². The van der Waals surface area contributed by atoms with E-state index in [2.05, 4.69) is 29.5 Å². The van der Waals surface area contributed by atoms with E-state index < -0.39 is 23.2 Å². The van der Waals surface area contributed by atoms with Crippen molar-refractivity contribution in [3.8, 4) is 0 Å².